The molecule has 2 aromatic heterocycles. The van der Waals surface area contributed by atoms with Gasteiger partial charge in [0, 0.05) is 43.0 Å². The monoisotopic (exact) mass is 397 g/mol. The Balaban J connectivity index is 0.000000334. The summed E-state index contributed by atoms with van der Waals surface area (Å²) in [4.78, 5) is 8.55. The van der Waals surface area contributed by atoms with Crippen molar-refractivity contribution in [2.24, 2.45) is 7.05 Å². The van der Waals surface area contributed by atoms with Gasteiger partial charge in [-0.3, -0.25) is 0 Å². The lowest BCUT2D eigenvalue weighted by Crippen LogP contribution is -1.91. The fourth-order valence-electron chi connectivity index (χ4n) is 2.49. The van der Waals surface area contributed by atoms with Crippen LogP contribution in [0.15, 0.2) is 73.1 Å². The molecule has 0 fully saturated rings. The molecule has 2 heterocycles. The van der Waals surface area contributed by atoms with Gasteiger partial charge in [0.15, 0.2) is 0 Å². The molecular weight excluding hydrogens is 370 g/mol. The highest BCUT2D eigenvalue weighted by atomic mass is 35.5. The third-order valence-corrected chi connectivity index (χ3v) is 4.24. The van der Waals surface area contributed by atoms with Crippen molar-refractivity contribution in [2.75, 3.05) is 7.11 Å². The number of aryl methyl sites for hydroxylation is 2. The normalized spacial score (nSPS) is 10.9. The topological polar surface area (TPSA) is 50.9 Å². The molecule has 0 aliphatic carbocycles. The van der Waals surface area contributed by atoms with E-state index in [1.807, 2.05) is 45.2 Å². The first-order valence-corrected chi connectivity index (χ1v) is 9.26. The number of nitrogens with zero attached hydrogens (tertiary/aromatic N) is 3. The number of para-hydroxylation sites is 1. The third-order valence-electron chi connectivity index (χ3n) is 3.97. The number of rotatable bonds is 3. The van der Waals surface area contributed by atoms with Gasteiger partial charge in [0.25, 0.3) is 0 Å². The average Bonchev–Trinajstić information content (AvgIpc) is 3.06. The second kappa shape index (κ2) is 11.9. The molecule has 0 saturated carbocycles. The minimum absolute atomic E-state index is 0.581. The predicted octanol–water partition coefficient (Wildman–Crippen LogP) is 5.90. The Hall–Kier alpha value is -2.69. The van der Waals surface area contributed by atoms with Gasteiger partial charge in [0.05, 0.1) is 10.7 Å². The summed E-state index contributed by atoms with van der Waals surface area (Å²) in [6, 6.07) is 8.21. The summed E-state index contributed by atoms with van der Waals surface area (Å²) in [7, 11) is 3.02. The molecule has 0 aliphatic rings. The summed E-state index contributed by atoms with van der Waals surface area (Å²) in [5.41, 5.74) is 4.27. The number of allylic oxidation sites excluding steroid dienone is 5. The quantitative estimate of drug-likeness (QED) is 0.559. The number of hydrogen-bond acceptors (Lipinski definition) is 3. The van der Waals surface area contributed by atoms with E-state index in [2.05, 4.69) is 52.4 Å². The number of aromatic nitrogens is 3. The fraction of sp³-hybridized carbons (Fsp3) is 0.217. The Labute approximate surface area is 172 Å². The zero-order valence-electron chi connectivity index (χ0n) is 17.1. The van der Waals surface area contributed by atoms with Gasteiger partial charge in [-0.05, 0) is 26.8 Å². The number of aliphatic hydroxyl groups is 1. The lowest BCUT2D eigenvalue weighted by molar-refractivity contribution is 0.399. The molecule has 1 N–H and O–H groups in total. The Kier molecular flexibility index (Phi) is 9.93. The summed E-state index contributed by atoms with van der Waals surface area (Å²) in [5, 5.41) is 8.73. The van der Waals surface area contributed by atoms with Crippen LogP contribution in [0.3, 0.4) is 0 Å². The van der Waals surface area contributed by atoms with Crippen molar-refractivity contribution in [1.29, 1.82) is 0 Å². The number of fused-ring (bicyclic) bond motifs is 1. The lowest BCUT2D eigenvalue weighted by atomic mass is 10.1. The van der Waals surface area contributed by atoms with Crippen LogP contribution < -0.4 is 0 Å². The molecule has 0 spiro atoms. The second-order valence-electron chi connectivity index (χ2n) is 5.91. The molecule has 0 amide bonds. The van der Waals surface area contributed by atoms with E-state index in [1.165, 1.54) is 11.1 Å². The van der Waals surface area contributed by atoms with Crippen molar-refractivity contribution in [2.45, 2.75) is 20.8 Å². The summed E-state index contributed by atoms with van der Waals surface area (Å²) in [5.74, 6) is 0.724. The molecule has 0 atom stereocenters. The van der Waals surface area contributed by atoms with Gasteiger partial charge in [-0.25, -0.2) is 9.97 Å². The zero-order valence-corrected chi connectivity index (χ0v) is 17.9. The van der Waals surface area contributed by atoms with Crippen LogP contribution in [0.25, 0.3) is 22.2 Å². The Morgan fingerprint density at radius 1 is 1.25 bits per heavy atom. The summed E-state index contributed by atoms with van der Waals surface area (Å²) in [6.07, 6.45) is 11.5. The number of benzene rings is 1. The first kappa shape index (κ1) is 23.3. The summed E-state index contributed by atoms with van der Waals surface area (Å²) >= 11 is 6.21. The van der Waals surface area contributed by atoms with E-state index < -0.39 is 0 Å². The molecule has 3 rings (SSSR count). The molecule has 148 valence electrons. The molecule has 28 heavy (non-hydrogen) atoms. The minimum atomic E-state index is 0.581. The smallest absolute Gasteiger partial charge is 0.125 e. The first-order chi connectivity index (χ1) is 13.5. The van der Waals surface area contributed by atoms with Gasteiger partial charge >= 0.3 is 0 Å². The van der Waals surface area contributed by atoms with Crippen molar-refractivity contribution < 1.29 is 5.11 Å². The van der Waals surface area contributed by atoms with Gasteiger partial charge in [0.2, 0.25) is 0 Å². The van der Waals surface area contributed by atoms with Crippen molar-refractivity contribution in [1.82, 2.24) is 14.5 Å². The van der Waals surface area contributed by atoms with E-state index in [-0.39, 0.29) is 0 Å². The fourth-order valence-corrected chi connectivity index (χ4v) is 2.68. The molecule has 5 heteroatoms. The van der Waals surface area contributed by atoms with E-state index >= 15 is 0 Å². The van der Waals surface area contributed by atoms with E-state index in [9.17, 15) is 0 Å². The minimum Gasteiger partial charge on any atom is -0.400 e. The van der Waals surface area contributed by atoms with Crippen molar-refractivity contribution in [3.63, 3.8) is 0 Å². The Morgan fingerprint density at radius 2 is 1.93 bits per heavy atom. The van der Waals surface area contributed by atoms with Gasteiger partial charge in [-0.1, -0.05) is 66.3 Å². The first-order valence-electron chi connectivity index (χ1n) is 8.88. The van der Waals surface area contributed by atoms with Crippen LogP contribution in [0.5, 0.6) is 0 Å². The number of halogens is 1. The molecule has 0 unspecified atom stereocenters. The molecule has 0 saturated heterocycles. The lowest BCUT2D eigenvalue weighted by Gasteiger charge is -2.02. The maximum absolute atomic E-state index is 7.00. The van der Waals surface area contributed by atoms with E-state index in [0.29, 0.717) is 5.02 Å². The SMILES string of the molecule is C=C/C=C\C(C)=C/C.CO.Cc1ncc(Cl)c(-c2cn(C)c3ccccc23)n1. The Bertz CT molecular complexity index is 971. The zero-order chi connectivity index (χ0) is 21.1. The van der Waals surface area contributed by atoms with Crippen molar-refractivity contribution in [3.05, 3.63) is 84.0 Å². The highest BCUT2D eigenvalue weighted by molar-refractivity contribution is 6.33. The molecule has 1 aromatic carbocycles. The summed E-state index contributed by atoms with van der Waals surface area (Å²) in [6.45, 7) is 9.49. The Morgan fingerprint density at radius 3 is 2.57 bits per heavy atom. The third kappa shape index (κ3) is 6.19. The van der Waals surface area contributed by atoms with Gasteiger partial charge in [-0.15, -0.1) is 0 Å². The second-order valence-corrected chi connectivity index (χ2v) is 6.32. The van der Waals surface area contributed by atoms with E-state index in [4.69, 9.17) is 16.7 Å². The van der Waals surface area contributed by atoms with Crippen molar-refractivity contribution in [3.8, 4) is 11.3 Å². The van der Waals surface area contributed by atoms with Crippen LogP contribution in [0, 0.1) is 6.92 Å². The number of aliphatic hydroxyl groups excluding tert-OH is 1. The van der Waals surface area contributed by atoms with E-state index in [0.717, 1.165) is 29.6 Å². The number of hydrogen-bond donors (Lipinski definition) is 1. The van der Waals surface area contributed by atoms with Gasteiger partial charge < -0.3 is 9.67 Å². The maximum Gasteiger partial charge on any atom is 0.125 e. The van der Waals surface area contributed by atoms with Crippen LogP contribution in [0.1, 0.15) is 19.7 Å². The van der Waals surface area contributed by atoms with Crippen LogP contribution in [-0.2, 0) is 7.05 Å². The molecule has 4 nitrogen and oxygen atoms in total. The standard InChI is InChI=1S/C14H12ClN3.C8H12.CH4O/c1-9-16-7-12(15)14(17-9)11-8-18(2)13-6-4-3-5-10(11)13;1-4-6-7-8(3)5-2;1-2/h3-8H,1-2H3;4-7H,1H2,2-3H3;2H,1H3/b;7-6-,8-5-;. The molecule has 0 radical (unpaired) electrons. The van der Waals surface area contributed by atoms with Crippen LogP contribution in [-0.4, -0.2) is 26.8 Å². The molecule has 3 aromatic rings. The van der Waals surface area contributed by atoms with Gasteiger partial charge in [0.1, 0.15) is 5.82 Å². The molecule has 0 bridgehead atoms. The van der Waals surface area contributed by atoms with Crippen LogP contribution >= 0.6 is 11.6 Å². The van der Waals surface area contributed by atoms with Crippen molar-refractivity contribution >= 4 is 22.5 Å². The maximum atomic E-state index is 7.00. The van der Waals surface area contributed by atoms with Gasteiger partial charge in [-0.2, -0.15) is 0 Å². The molecule has 0 aliphatic heterocycles. The predicted molar refractivity (Wildman–Crippen MR) is 121 cm³/mol. The van der Waals surface area contributed by atoms with Crippen LogP contribution in [0.4, 0.5) is 0 Å². The van der Waals surface area contributed by atoms with Crippen LogP contribution in [0.2, 0.25) is 5.02 Å². The summed E-state index contributed by atoms with van der Waals surface area (Å²) < 4.78 is 2.08. The molecular formula is C23H28ClN3O. The van der Waals surface area contributed by atoms with E-state index in [1.54, 1.807) is 12.3 Å². The highest BCUT2D eigenvalue weighted by Gasteiger charge is 2.12. The largest absolute Gasteiger partial charge is 0.400 e. The highest BCUT2D eigenvalue weighted by Crippen LogP contribution is 2.32. The average molecular weight is 398 g/mol.